The minimum Gasteiger partial charge on any atom is -0.507 e. The fourth-order valence-electron chi connectivity index (χ4n) is 4.32. The number of hydrogen-bond acceptors (Lipinski definition) is 8. The summed E-state index contributed by atoms with van der Waals surface area (Å²) in [6, 6.07) is 10.9. The van der Waals surface area contributed by atoms with Crippen LogP contribution < -0.4 is 10.6 Å². The Bertz CT molecular complexity index is 1300. The molecule has 0 fully saturated rings. The van der Waals surface area contributed by atoms with Gasteiger partial charge >= 0.3 is 5.97 Å². The second kappa shape index (κ2) is 10.2. The molecule has 0 saturated carbocycles. The lowest BCUT2D eigenvalue weighted by atomic mass is 9.90. The first-order valence-electron chi connectivity index (χ1n) is 11.2. The van der Waals surface area contributed by atoms with E-state index in [4.69, 9.17) is 9.15 Å². The molecular formula is C26H29N3O5. The topological polar surface area (TPSA) is 117 Å². The summed E-state index contributed by atoms with van der Waals surface area (Å²) in [4.78, 5) is 17.0. The number of fused-ring (bicyclic) bond motifs is 3. The fourth-order valence-corrected chi connectivity index (χ4v) is 4.32. The Balaban J connectivity index is 1.99. The Morgan fingerprint density at radius 3 is 2.44 bits per heavy atom. The van der Waals surface area contributed by atoms with Crippen LogP contribution >= 0.6 is 0 Å². The van der Waals surface area contributed by atoms with Gasteiger partial charge in [0.05, 0.1) is 6.04 Å². The number of carbonyl (C=O) groups excluding carboxylic acids is 1. The van der Waals surface area contributed by atoms with Crippen molar-refractivity contribution >= 4 is 27.7 Å². The molecule has 8 nitrogen and oxygen atoms in total. The Hall–Kier alpha value is -3.46. The number of aliphatic hydroxyl groups is 1. The zero-order valence-electron chi connectivity index (χ0n) is 19.5. The van der Waals surface area contributed by atoms with E-state index in [-0.39, 0.29) is 11.3 Å². The van der Waals surface area contributed by atoms with Crippen LogP contribution in [0.2, 0.25) is 0 Å². The number of benzene rings is 2. The SMILES string of the molecule is Cc1oc2c(c1C(=O)OCO)c(C(NCCNC(C)C)c1ccncc1)c(O)c1ccccc12. The number of aliphatic hydroxyl groups excluding tert-OH is 1. The first-order valence-corrected chi connectivity index (χ1v) is 11.2. The van der Waals surface area contributed by atoms with Crippen LogP contribution in [0.5, 0.6) is 5.75 Å². The number of nitrogens with zero attached hydrogens (tertiary/aromatic N) is 1. The maximum atomic E-state index is 12.9. The van der Waals surface area contributed by atoms with Crippen LogP contribution in [0, 0.1) is 6.92 Å². The van der Waals surface area contributed by atoms with Gasteiger partial charge in [0.1, 0.15) is 22.7 Å². The van der Waals surface area contributed by atoms with E-state index in [9.17, 15) is 15.0 Å². The second-order valence-electron chi connectivity index (χ2n) is 8.38. The van der Waals surface area contributed by atoms with Crippen molar-refractivity contribution in [1.82, 2.24) is 15.6 Å². The van der Waals surface area contributed by atoms with E-state index in [0.717, 1.165) is 5.56 Å². The number of phenolic OH excluding ortho intramolecular Hbond substituents is 1. The highest BCUT2D eigenvalue weighted by atomic mass is 16.6. The molecule has 34 heavy (non-hydrogen) atoms. The summed E-state index contributed by atoms with van der Waals surface area (Å²) in [5, 5.41) is 29.4. The number of aromatic hydroxyl groups is 1. The van der Waals surface area contributed by atoms with Crippen molar-refractivity contribution in [3.05, 3.63) is 71.2 Å². The smallest absolute Gasteiger partial charge is 0.344 e. The lowest BCUT2D eigenvalue weighted by molar-refractivity contribution is 0.00686. The van der Waals surface area contributed by atoms with Crippen molar-refractivity contribution < 1.29 is 24.2 Å². The van der Waals surface area contributed by atoms with Gasteiger partial charge < -0.3 is 30.0 Å². The zero-order chi connectivity index (χ0) is 24.2. The molecule has 0 saturated heterocycles. The summed E-state index contributed by atoms with van der Waals surface area (Å²) < 4.78 is 11.0. The minimum absolute atomic E-state index is 0.0491. The van der Waals surface area contributed by atoms with Gasteiger partial charge in [-0.3, -0.25) is 4.98 Å². The molecule has 0 spiro atoms. The lowest BCUT2D eigenvalue weighted by Crippen LogP contribution is -2.34. The molecule has 2 aromatic carbocycles. The molecule has 2 heterocycles. The summed E-state index contributed by atoms with van der Waals surface area (Å²) in [5.74, 6) is -0.321. The van der Waals surface area contributed by atoms with Crippen molar-refractivity contribution in [2.24, 2.45) is 0 Å². The van der Waals surface area contributed by atoms with Gasteiger partial charge in [-0.25, -0.2) is 4.79 Å². The maximum absolute atomic E-state index is 12.9. The number of carbonyl (C=O) groups is 1. The monoisotopic (exact) mass is 463 g/mol. The predicted octanol–water partition coefficient (Wildman–Crippen LogP) is 3.78. The molecule has 4 N–H and O–H groups in total. The third kappa shape index (κ3) is 4.48. The van der Waals surface area contributed by atoms with Gasteiger partial charge in [0.2, 0.25) is 0 Å². The molecule has 4 rings (SSSR count). The highest BCUT2D eigenvalue weighted by Gasteiger charge is 2.30. The van der Waals surface area contributed by atoms with Crippen LogP contribution in [-0.4, -0.2) is 47.1 Å². The van der Waals surface area contributed by atoms with Crippen LogP contribution in [-0.2, 0) is 4.74 Å². The van der Waals surface area contributed by atoms with Gasteiger partial charge in [-0.05, 0) is 24.6 Å². The number of aromatic nitrogens is 1. The molecule has 0 aliphatic rings. The normalized spacial score (nSPS) is 12.5. The number of rotatable bonds is 9. The molecule has 0 aliphatic carbocycles. The number of aryl methyl sites for hydroxylation is 1. The Morgan fingerprint density at radius 2 is 1.76 bits per heavy atom. The quantitative estimate of drug-likeness (QED) is 0.168. The Kier molecular flexibility index (Phi) is 7.12. The van der Waals surface area contributed by atoms with Gasteiger partial charge in [0, 0.05) is 53.2 Å². The molecule has 0 amide bonds. The average Bonchev–Trinajstić information content (AvgIpc) is 3.18. The van der Waals surface area contributed by atoms with Crippen molar-refractivity contribution in [1.29, 1.82) is 0 Å². The average molecular weight is 464 g/mol. The first kappa shape index (κ1) is 23.7. The highest BCUT2D eigenvalue weighted by molar-refractivity contribution is 6.16. The van der Waals surface area contributed by atoms with E-state index in [2.05, 4.69) is 29.5 Å². The summed E-state index contributed by atoms with van der Waals surface area (Å²) in [7, 11) is 0. The molecule has 178 valence electrons. The van der Waals surface area contributed by atoms with Crippen LogP contribution in [0.3, 0.4) is 0 Å². The van der Waals surface area contributed by atoms with E-state index >= 15 is 0 Å². The molecule has 4 aromatic rings. The van der Waals surface area contributed by atoms with Gasteiger partial charge in [0.25, 0.3) is 0 Å². The van der Waals surface area contributed by atoms with Crippen molar-refractivity contribution in [2.75, 3.05) is 19.9 Å². The zero-order valence-corrected chi connectivity index (χ0v) is 19.5. The van der Waals surface area contributed by atoms with E-state index in [1.54, 1.807) is 19.3 Å². The molecule has 1 unspecified atom stereocenters. The molecule has 8 heteroatoms. The first-order chi connectivity index (χ1) is 16.4. The number of pyridine rings is 1. The summed E-state index contributed by atoms with van der Waals surface area (Å²) in [6.07, 6.45) is 3.38. The minimum atomic E-state index is -0.757. The number of ether oxygens (including phenoxy) is 1. The van der Waals surface area contributed by atoms with Crippen molar-refractivity contribution in [2.45, 2.75) is 32.9 Å². The van der Waals surface area contributed by atoms with Crippen LogP contribution in [0.25, 0.3) is 21.7 Å². The molecular weight excluding hydrogens is 434 g/mol. The van der Waals surface area contributed by atoms with Crippen LogP contribution in [0.1, 0.15) is 47.1 Å². The summed E-state index contributed by atoms with van der Waals surface area (Å²) >= 11 is 0. The second-order valence-corrected chi connectivity index (χ2v) is 8.38. The highest BCUT2D eigenvalue weighted by Crippen LogP contribution is 2.45. The van der Waals surface area contributed by atoms with Gasteiger partial charge in [-0.2, -0.15) is 0 Å². The van der Waals surface area contributed by atoms with Crippen molar-refractivity contribution in [3.63, 3.8) is 0 Å². The van der Waals surface area contributed by atoms with Gasteiger partial charge in [-0.15, -0.1) is 0 Å². The Labute approximate surface area is 197 Å². The number of phenols is 1. The van der Waals surface area contributed by atoms with Crippen LogP contribution in [0.15, 0.2) is 53.2 Å². The largest absolute Gasteiger partial charge is 0.507 e. The standard InChI is InChI=1S/C26H29N3O5/c1-15(2)28-12-13-29-23(17-8-10-27-11-9-17)22-21-20(26(32)33-14-30)16(3)34-25(21)19-7-5-4-6-18(19)24(22)31/h4-11,15,23,28-31H,12-14H2,1-3H3. The number of hydrogen-bond donors (Lipinski definition) is 4. The molecule has 2 aromatic heterocycles. The Morgan fingerprint density at radius 1 is 1.09 bits per heavy atom. The molecule has 1 atom stereocenters. The van der Waals surface area contributed by atoms with E-state index in [1.807, 2.05) is 36.4 Å². The number of nitrogens with one attached hydrogen (secondary N) is 2. The molecule has 0 bridgehead atoms. The molecule has 0 aliphatic heterocycles. The van der Waals surface area contributed by atoms with Gasteiger partial charge in [-0.1, -0.05) is 38.1 Å². The predicted molar refractivity (Wildman–Crippen MR) is 130 cm³/mol. The third-order valence-electron chi connectivity index (χ3n) is 5.79. The van der Waals surface area contributed by atoms with Crippen molar-refractivity contribution in [3.8, 4) is 5.75 Å². The van der Waals surface area contributed by atoms with Crippen LogP contribution in [0.4, 0.5) is 0 Å². The summed E-state index contributed by atoms with van der Waals surface area (Å²) in [6.45, 7) is 6.38. The van der Waals surface area contributed by atoms with E-state index in [1.165, 1.54) is 0 Å². The van der Waals surface area contributed by atoms with E-state index < -0.39 is 18.8 Å². The maximum Gasteiger partial charge on any atom is 0.344 e. The third-order valence-corrected chi connectivity index (χ3v) is 5.79. The molecule has 0 radical (unpaired) electrons. The lowest BCUT2D eigenvalue weighted by Gasteiger charge is -2.23. The number of furan rings is 1. The fraction of sp³-hybridized carbons (Fsp3) is 0.308. The van der Waals surface area contributed by atoms with Gasteiger partial charge in [0.15, 0.2) is 6.79 Å². The summed E-state index contributed by atoms with van der Waals surface area (Å²) in [5.41, 5.74) is 2.03. The number of esters is 1. The van der Waals surface area contributed by atoms with E-state index in [0.29, 0.717) is 52.2 Å².